The number of hydrogen-bond acceptors (Lipinski definition) is 5. The minimum Gasteiger partial charge on any atom is -0.343 e. The maximum Gasteiger partial charge on any atom is 0.261 e. The summed E-state index contributed by atoms with van der Waals surface area (Å²) < 4.78 is 25.5. The van der Waals surface area contributed by atoms with Crippen molar-refractivity contribution in [2.75, 3.05) is 19.6 Å². The fourth-order valence-corrected chi connectivity index (χ4v) is 5.96. The Morgan fingerprint density at radius 2 is 1.42 bits per heavy atom. The third-order valence-electron chi connectivity index (χ3n) is 5.96. The number of nitrogens with zero attached hydrogens (tertiary/aromatic N) is 2. The number of benzene rings is 2. The topological polar surface area (TPSA) is 91.8 Å². The molecule has 0 atom stereocenters. The number of rotatable bonds is 6. The fraction of sp³-hybridized carbons (Fsp3) is 0.348. The van der Waals surface area contributed by atoms with Crippen molar-refractivity contribution >= 4 is 27.6 Å². The molecule has 0 aromatic heterocycles. The quantitative estimate of drug-likeness (QED) is 0.644. The molecule has 2 aliphatic rings. The van der Waals surface area contributed by atoms with E-state index in [1.165, 1.54) is 4.90 Å². The zero-order valence-corrected chi connectivity index (χ0v) is 17.9. The van der Waals surface area contributed by atoms with Crippen LogP contribution in [0, 0.1) is 0 Å². The lowest BCUT2D eigenvalue weighted by Crippen LogP contribution is -2.42. The van der Waals surface area contributed by atoms with Gasteiger partial charge in [0.2, 0.25) is 5.91 Å². The number of sulfone groups is 1. The molecule has 0 bridgehead atoms. The molecule has 0 N–H and O–H groups in total. The average molecular weight is 441 g/mol. The van der Waals surface area contributed by atoms with E-state index in [1.54, 1.807) is 59.5 Å². The number of carbonyl (C=O) groups excluding carboxylic acids is 3. The summed E-state index contributed by atoms with van der Waals surface area (Å²) in [5, 5.41) is -0.489. The fourth-order valence-electron chi connectivity index (χ4n) is 4.21. The molecule has 162 valence electrons. The molecular formula is C23H24N2O5S. The van der Waals surface area contributed by atoms with Gasteiger partial charge in [-0.15, -0.1) is 0 Å². The van der Waals surface area contributed by atoms with Crippen LogP contribution in [-0.4, -0.2) is 60.8 Å². The maximum atomic E-state index is 12.8. The van der Waals surface area contributed by atoms with Gasteiger partial charge in [0.1, 0.15) is 0 Å². The van der Waals surface area contributed by atoms with E-state index in [4.69, 9.17) is 0 Å². The summed E-state index contributed by atoms with van der Waals surface area (Å²) >= 11 is 0. The molecule has 0 saturated carbocycles. The van der Waals surface area contributed by atoms with Crippen LogP contribution in [0.3, 0.4) is 0 Å². The number of carbonyl (C=O) groups is 3. The van der Waals surface area contributed by atoms with Gasteiger partial charge in [-0.2, -0.15) is 0 Å². The van der Waals surface area contributed by atoms with Crippen LogP contribution < -0.4 is 0 Å². The van der Waals surface area contributed by atoms with Crippen molar-refractivity contribution in [1.29, 1.82) is 0 Å². The summed E-state index contributed by atoms with van der Waals surface area (Å²) in [5.74, 6) is -0.716. The van der Waals surface area contributed by atoms with Gasteiger partial charge in [-0.05, 0) is 43.5 Å². The number of likely N-dealkylation sites (tertiary alicyclic amines) is 1. The summed E-state index contributed by atoms with van der Waals surface area (Å²) in [4.78, 5) is 40.5. The Kier molecular flexibility index (Phi) is 5.91. The van der Waals surface area contributed by atoms with Gasteiger partial charge in [-0.25, -0.2) is 8.42 Å². The normalized spacial score (nSPS) is 17.2. The SMILES string of the molecule is O=C(CCCN1C(=O)c2ccccc2C1=O)N1CCC(S(=O)(=O)c2ccccc2)CC1. The molecule has 2 aromatic rings. The first kappa shape index (κ1) is 21.2. The molecule has 8 heteroatoms. The second kappa shape index (κ2) is 8.63. The molecule has 0 spiro atoms. The van der Waals surface area contributed by atoms with Crippen LogP contribution >= 0.6 is 0 Å². The Bertz CT molecular complexity index is 1070. The summed E-state index contributed by atoms with van der Waals surface area (Å²) in [6.07, 6.45) is 1.40. The van der Waals surface area contributed by atoms with Crippen molar-refractivity contribution in [1.82, 2.24) is 9.80 Å². The second-order valence-corrected chi connectivity index (χ2v) is 10.1. The first-order valence-electron chi connectivity index (χ1n) is 10.4. The molecule has 31 heavy (non-hydrogen) atoms. The van der Waals surface area contributed by atoms with E-state index in [1.807, 2.05) is 0 Å². The molecule has 1 fully saturated rings. The highest BCUT2D eigenvalue weighted by Crippen LogP contribution is 2.25. The molecule has 2 heterocycles. The molecule has 0 radical (unpaired) electrons. The number of hydrogen-bond donors (Lipinski definition) is 0. The van der Waals surface area contributed by atoms with Gasteiger partial charge in [0, 0.05) is 26.1 Å². The lowest BCUT2D eigenvalue weighted by molar-refractivity contribution is -0.132. The van der Waals surface area contributed by atoms with Gasteiger partial charge in [0.05, 0.1) is 21.3 Å². The molecule has 0 unspecified atom stereocenters. The van der Waals surface area contributed by atoms with Gasteiger partial charge in [-0.1, -0.05) is 30.3 Å². The third kappa shape index (κ3) is 4.12. The van der Waals surface area contributed by atoms with Crippen LogP contribution in [0.4, 0.5) is 0 Å². The molecule has 4 rings (SSSR count). The summed E-state index contributed by atoms with van der Waals surface area (Å²) in [6, 6.07) is 15.1. The first-order valence-corrected chi connectivity index (χ1v) is 12.0. The number of piperidine rings is 1. The van der Waals surface area contributed by atoms with E-state index in [2.05, 4.69) is 0 Å². The van der Waals surface area contributed by atoms with E-state index < -0.39 is 15.1 Å². The van der Waals surface area contributed by atoms with E-state index in [-0.39, 0.29) is 30.7 Å². The smallest absolute Gasteiger partial charge is 0.261 e. The van der Waals surface area contributed by atoms with Crippen molar-refractivity contribution in [3.05, 3.63) is 65.7 Å². The lowest BCUT2D eigenvalue weighted by atomic mass is 10.1. The Hall–Kier alpha value is -3.00. The van der Waals surface area contributed by atoms with E-state index in [0.717, 1.165) is 0 Å². The van der Waals surface area contributed by atoms with Crippen molar-refractivity contribution in [2.24, 2.45) is 0 Å². The zero-order chi connectivity index (χ0) is 22.0. The van der Waals surface area contributed by atoms with Gasteiger partial charge in [0.25, 0.3) is 11.8 Å². The summed E-state index contributed by atoms with van der Waals surface area (Å²) in [6.45, 7) is 0.974. The Morgan fingerprint density at radius 3 is 2.00 bits per heavy atom. The number of amides is 3. The molecule has 0 aliphatic carbocycles. The van der Waals surface area contributed by atoms with Gasteiger partial charge >= 0.3 is 0 Å². The monoisotopic (exact) mass is 440 g/mol. The van der Waals surface area contributed by atoms with Gasteiger partial charge in [0.15, 0.2) is 9.84 Å². The second-order valence-electron chi connectivity index (χ2n) is 7.85. The highest BCUT2D eigenvalue weighted by Gasteiger charge is 2.35. The molecule has 3 amide bonds. The van der Waals surface area contributed by atoms with Crippen LogP contribution in [0.5, 0.6) is 0 Å². The largest absolute Gasteiger partial charge is 0.343 e. The van der Waals surface area contributed by atoms with Crippen molar-refractivity contribution in [3.63, 3.8) is 0 Å². The van der Waals surface area contributed by atoms with Crippen LogP contribution in [-0.2, 0) is 14.6 Å². The summed E-state index contributed by atoms with van der Waals surface area (Å²) in [7, 11) is -3.40. The predicted octanol–water partition coefficient (Wildman–Crippen LogP) is 2.53. The van der Waals surface area contributed by atoms with E-state index in [0.29, 0.717) is 48.4 Å². The molecular weight excluding hydrogens is 416 g/mol. The van der Waals surface area contributed by atoms with E-state index >= 15 is 0 Å². The van der Waals surface area contributed by atoms with Gasteiger partial charge < -0.3 is 4.90 Å². The molecule has 7 nitrogen and oxygen atoms in total. The Labute approximate surface area is 181 Å². The first-order chi connectivity index (χ1) is 14.9. The Balaban J connectivity index is 1.27. The van der Waals surface area contributed by atoms with E-state index in [9.17, 15) is 22.8 Å². The van der Waals surface area contributed by atoms with Crippen LogP contribution in [0.15, 0.2) is 59.5 Å². The summed E-state index contributed by atoms with van der Waals surface area (Å²) in [5.41, 5.74) is 0.807. The predicted molar refractivity (Wildman–Crippen MR) is 114 cm³/mol. The number of fused-ring (bicyclic) bond motifs is 1. The van der Waals surface area contributed by atoms with Crippen molar-refractivity contribution < 1.29 is 22.8 Å². The highest BCUT2D eigenvalue weighted by atomic mass is 32.2. The Morgan fingerprint density at radius 1 is 0.871 bits per heavy atom. The zero-order valence-electron chi connectivity index (χ0n) is 17.1. The molecule has 1 saturated heterocycles. The lowest BCUT2D eigenvalue weighted by Gasteiger charge is -2.32. The molecule has 2 aromatic carbocycles. The highest BCUT2D eigenvalue weighted by molar-refractivity contribution is 7.92. The third-order valence-corrected chi connectivity index (χ3v) is 8.23. The minimum atomic E-state index is -3.40. The van der Waals surface area contributed by atoms with Crippen molar-refractivity contribution in [3.8, 4) is 0 Å². The average Bonchev–Trinajstić information content (AvgIpc) is 3.04. The minimum absolute atomic E-state index is 0.0767. The standard InChI is InChI=1S/C23H24N2O5S/c26-21(11-6-14-25-22(27)19-9-4-5-10-20(19)23(25)28)24-15-12-18(13-16-24)31(29,30)17-7-2-1-3-8-17/h1-5,7-10,18H,6,11-16H2. The molecule has 2 aliphatic heterocycles. The van der Waals surface area contributed by atoms with Crippen LogP contribution in [0.1, 0.15) is 46.4 Å². The van der Waals surface area contributed by atoms with Gasteiger partial charge in [-0.3, -0.25) is 19.3 Å². The number of imide groups is 1. The maximum absolute atomic E-state index is 12.8. The van der Waals surface area contributed by atoms with Crippen molar-refractivity contribution in [2.45, 2.75) is 35.8 Å². The van der Waals surface area contributed by atoms with Crippen LogP contribution in [0.25, 0.3) is 0 Å². The van der Waals surface area contributed by atoms with Crippen LogP contribution in [0.2, 0.25) is 0 Å².